The van der Waals surface area contributed by atoms with Crippen molar-refractivity contribution in [2.75, 3.05) is 0 Å². The van der Waals surface area contributed by atoms with Crippen LogP contribution in [0.15, 0.2) is 54.6 Å². The van der Waals surface area contributed by atoms with E-state index in [4.69, 9.17) is 4.74 Å². The number of imide groups is 1. The normalized spacial score (nSPS) is 18.8. The Hall–Kier alpha value is -3.94. The number of pyridine rings is 1. The van der Waals surface area contributed by atoms with E-state index in [2.05, 4.69) is 20.9 Å². The number of carbonyl (C=O) groups is 3. The zero-order chi connectivity index (χ0) is 24.4. The molecule has 4 amide bonds. The number of hydrogen-bond acceptors (Lipinski definition) is 5. The fraction of sp³-hybridized carbons (Fsp3) is 0.333. The average Bonchev–Trinajstić information content (AvgIpc) is 3.50. The van der Waals surface area contributed by atoms with Gasteiger partial charge in [0.2, 0.25) is 0 Å². The van der Waals surface area contributed by atoms with Gasteiger partial charge in [-0.3, -0.25) is 19.9 Å². The predicted octanol–water partition coefficient (Wildman–Crippen LogP) is 3.62. The van der Waals surface area contributed by atoms with Crippen LogP contribution in [0.25, 0.3) is 10.9 Å². The molecule has 3 aromatic rings. The van der Waals surface area contributed by atoms with Crippen LogP contribution in [-0.2, 0) is 11.4 Å². The van der Waals surface area contributed by atoms with E-state index in [0.29, 0.717) is 17.9 Å². The highest BCUT2D eigenvalue weighted by Crippen LogP contribution is 2.30. The number of carbonyl (C=O) groups excluding carboxylic acids is 3. The molecule has 2 aromatic carbocycles. The monoisotopic (exact) mass is 472 g/mol. The first-order chi connectivity index (χ1) is 17.0. The number of nitrogens with one attached hydrogen (secondary N) is 3. The van der Waals surface area contributed by atoms with Gasteiger partial charge in [-0.15, -0.1) is 0 Å². The highest BCUT2D eigenvalue weighted by Gasteiger charge is 2.41. The maximum Gasteiger partial charge on any atom is 0.322 e. The summed E-state index contributed by atoms with van der Waals surface area (Å²) in [6.45, 7) is 2.35. The Balaban J connectivity index is 1.26. The number of amides is 4. The molecule has 2 unspecified atom stereocenters. The zero-order valence-corrected chi connectivity index (χ0v) is 19.5. The highest BCUT2D eigenvalue weighted by atomic mass is 16.5. The van der Waals surface area contributed by atoms with Crippen molar-refractivity contribution < 1.29 is 19.1 Å². The molecule has 2 atom stereocenters. The SMILES string of the molecule is Cc1cc(COc2ccc(C(=O)NC(C3CCCC3)C3NC(=O)NC3=O)cc2)c2ccccc2n1. The second-order valence-electron chi connectivity index (χ2n) is 9.24. The molecule has 1 aromatic heterocycles. The largest absolute Gasteiger partial charge is 0.489 e. The van der Waals surface area contributed by atoms with Gasteiger partial charge in [-0.1, -0.05) is 31.0 Å². The minimum atomic E-state index is -0.754. The summed E-state index contributed by atoms with van der Waals surface area (Å²) in [5.74, 6) is 0.122. The van der Waals surface area contributed by atoms with E-state index in [-0.39, 0.29) is 11.8 Å². The molecule has 0 radical (unpaired) electrons. The molecule has 0 bridgehead atoms. The highest BCUT2D eigenvalue weighted by molar-refractivity contribution is 6.05. The number of benzene rings is 2. The standard InChI is InChI=1S/C27H28N4O4/c1-16-14-19(21-8-4-5-9-22(21)28-16)15-35-20-12-10-18(11-13-20)25(32)29-23(17-6-2-3-7-17)24-26(33)31-27(34)30-24/h4-5,8-14,17,23-24H,2-3,6-7,15H2,1H3,(H,29,32)(H2,30,31,33,34). The van der Waals surface area contributed by atoms with E-state index in [1.165, 1.54) is 0 Å². The lowest BCUT2D eigenvalue weighted by Crippen LogP contribution is -2.54. The molecule has 180 valence electrons. The fourth-order valence-corrected chi connectivity index (χ4v) is 5.09. The molecular weight excluding hydrogens is 444 g/mol. The van der Waals surface area contributed by atoms with Crippen molar-refractivity contribution in [1.82, 2.24) is 20.9 Å². The van der Waals surface area contributed by atoms with Crippen LogP contribution in [0, 0.1) is 12.8 Å². The maximum atomic E-state index is 13.0. The molecule has 1 aliphatic carbocycles. The third-order valence-corrected chi connectivity index (χ3v) is 6.81. The van der Waals surface area contributed by atoms with Gasteiger partial charge in [-0.25, -0.2) is 4.79 Å². The summed E-state index contributed by atoms with van der Waals surface area (Å²) < 4.78 is 6.00. The van der Waals surface area contributed by atoms with Crippen LogP contribution in [0.4, 0.5) is 4.79 Å². The Labute approximate surface area is 203 Å². The molecule has 8 nitrogen and oxygen atoms in total. The Kier molecular flexibility index (Phi) is 6.35. The van der Waals surface area contributed by atoms with Gasteiger partial charge in [0.05, 0.1) is 11.6 Å². The topological polar surface area (TPSA) is 109 Å². The van der Waals surface area contributed by atoms with Crippen LogP contribution in [-0.4, -0.2) is 34.9 Å². The third-order valence-electron chi connectivity index (χ3n) is 6.81. The van der Waals surface area contributed by atoms with Gasteiger partial charge < -0.3 is 15.4 Å². The first kappa shape index (κ1) is 22.8. The lowest BCUT2D eigenvalue weighted by Gasteiger charge is -2.28. The third kappa shape index (κ3) is 4.96. The van der Waals surface area contributed by atoms with Crippen LogP contribution in [0.5, 0.6) is 5.75 Å². The van der Waals surface area contributed by atoms with Gasteiger partial charge in [-0.05, 0) is 62.1 Å². The summed E-state index contributed by atoms with van der Waals surface area (Å²) in [6, 6.07) is 15.2. The summed E-state index contributed by atoms with van der Waals surface area (Å²) in [7, 11) is 0. The summed E-state index contributed by atoms with van der Waals surface area (Å²) >= 11 is 0. The fourth-order valence-electron chi connectivity index (χ4n) is 5.09. The molecule has 0 spiro atoms. The molecule has 8 heteroatoms. The first-order valence-corrected chi connectivity index (χ1v) is 12.0. The number of ether oxygens (including phenoxy) is 1. The number of aryl methyl sites for hydroxylation is 1. The Bertz CT molecular complexity index is 1270. The number of para-hydroxylation sites is 1. The van der Waals surface area contributed by atoms with Crippen molar-refractivity contribution in [2.45, 2.75) is 51.3 Å². The van der Waals surface area contributed by atoms with Crippen molar-refractivity contribution >= 4 is 28.7 Å². The van der Waals surface area contributed by atoms with Crippen LogP contribution in [0.1, 0.15) is 47.3 Å². The van der Waals surface area contributed by atoms with Gasteiger partial charge in [0.1, 0.15) is 18.4 Å². The van der Waals surface area contributed by atoms with Gasteiger partial charge in [0.15, 0.2) is 0 Å². The molecule has 2 heterocycles. The van der Waals surface area contributed by atoms with E-state index in [9.17, 15) is 14.4 Å². The van der Waals surface area contributed by atoms with E-state index in [0.717, 1.165) is 47.8 Å². The summed E-state index contributed by atoms with van der Waals surface area (Å²) in [6.07, 6.45) is 3.94. The maximum absolute atomic E-state index is 13.0. The molecule has 1 saturated carbocycles. The molecule has 3 N–H and O–H groups in total. The van der Waals surface area contributed by atoms with Crippen molar-refractivity contribution in [3.05, 3.63) is 71.4 Å². The molecule has 1 saturated heterocycles. The smallest absolute Gasteiger partial charge is 0.322 e. The van der Waals surface area contributed by atoms with Crippen LogP contribution in [0.2, 0.25) is 0 Å². The average molecular weight is 473 g/mol. The van der Waals surface area contributed by atoms with Gasteiger partial charge in [-0.2, -0.15) is 0 Å². The number of aromatic nitrogens is 1. The van der Waals surface area contributed by atoms with E-state index >= 15 is 0 Å². The predicted molar refractivity (Wildman–Crippen MR) is 131 cm³/mol. The van der Waals surface area contributed by atoms with Gasteiger partial charge >= 0.3 is 6.03 Å². The van der Waals surface area contributed by atoms with Crippen molar-refractivity contribution in [3.63, 3.8) is 0 Å². The lowest BCUT2D eigenvalue weighted by atomic mass is 9.91. The molecule has 2 aliphatic rings. The number of nitrogens with zero attached hydrogens (tertiary/aromatic N) is 1. The van der Waals surface area contributed by atoms with Crippen molar-refractivity contribution in [1.29, 1.82) is 0 Å². The van der Waals surface area contributed by atoms with E-state index in [1.807, 2.05) is 37.3 Å². The lowest BCUT2D eigenvalue weighted by molar-refractivity contribution is -0.121. The Morgan fingerprint density at radius 2 is 1.86 bits per heavy atom. The number of rotatable bonds is 7. The number of fused-ring (bicyclic) bond motifs is 1. The Morgan fingerprint density at radius 3 is 2.57 bits per heavy atom. The van der Waals surface area contributed by atoms with Crippen LogP contribution in [0.3, 0.4) is 0 Å². The zero-order valence-electron chi connectivity index (χ0n) is 19.5. The Morgan fingerprint density at radius 1 is 1.11 bits per heavy atom. The molecule has 35 heavy (non-hydrogen) atoms. The molecule has 5 rings (SSSR count). The van der Waals surface area contributed by atoms with E-state index < -0.39 is 24.0 Å². The number of hydrogen-bond donors (Lipinski definition) is 3. The van der Waals surface area contributed by atoms with E-state index in [1.54, 1.807) is 24.3 Å². The number of urea groups is 1. The second kappa shape index (κ2) is 9.74. The summed E-state index contributed by atoms with van der Waals surface area (Å²) in [4.78, 5) is 41.5. The van der Waals surface area contributed by atoms with Crippen molar-refractivity contribution in [2.24, 2.45) is 5.92 Å². The molecule has 2 fully saturated rings. The second-order valence-corrected chi connectivity index (χ2v) is 9.24. The van der Waals surface area contributed by atoms with Crippen LogP contribution < -0.4 is 20.7 Å². The van der Waals surface area contributed by atoms with Gasteiger partial charge in [0, 0.05) is 22.2 Å². The van der Waals surface area contributed by atoms with Crippen molar-refractivity contribution in [3.8, 4) is 5.75 Å². The quantitative estimate of drug-likeness (QED) is 0.455. The summed E-state index contributed by atoms with van der Waals surface area (Å²) in [5.41, 5.74) is 3.38. The molecule has 1 aliphatic heterocycles. The summed E-state index contributed by atoms with van der Waals surface area (Å²) in [5, 5.41) is 8.99. The minimum absolute atomic E-state index is 0.148. The minimum Gasteiger partial charge on any atom is -0.489 e. The van der Waals surface area contributed by atoms with Gasteiger partial charge in [0.25, 0.3) is 11.8 Å². The van der Waals surface area contributed by atoms with Crippen LogP contribution >= 0.6 is 0 Å². The first-order valence-electron chi connectivity index (χ1n) is 12.0. The molecular formula is C27H28N4O4.